The van der Waals surface area contributed by atoms with Crippen LogP contribution in [-0.2, 0) is 19.1 Å². The highest BCUT2D eigenvalue weighted by Gasteiger charge is 2.19. The van der Waals surface area contributed by atoms with Gasteiger partial charge in [-0.05, 0) is 26.7 Å². The minimum Gasteiger partial charge on any atom is -0.463 e. The van der Waals surface area contributed by atoms with Gasteiger partial charge in [0.25, 0.3) is 0 Å². The first kappa shape index (κ1) is 15.5. The fraction of sp³-hybridized carbons (Fsp3) is 0.714. The molecule has 0 saturated heterocycles. The highest BCUT2D eigenvalue weighted by molar-refractivity contribution is 5.95. The lowest BCUT2D eigenvalue weighted by Crippen LogP contribution is -2.34. The van der Waals surface area contributed by atoms with E-state index in [0.29, 0.717) is 0 Å². The van der Waals surface area contributed by atoms with Crippen molar-refractivity contribution < 1.29 is 19.1 Å². The molecule has 0 bridgehead atoms. The lowest BCUT2D eigenvalue weighted by atomic mass is 9.95. The van der Waals surface area contributed by atoms with Crippen LogP contribution in [0.3, 0.4) is 0 Å². The lowest BCUT2D eigenvalue weighted by Gasteiger charge is -2.24. The largest absolute Gasteiger partial charge is 0.463 e. The second kappa shape index (κ2) is 8.56. The molecule has 1 rings (SSSR count). The molecular formula is C14H23NO4. The molecule has 1 fully saturated rings. The minimum atomic E-state index is -0.520. The standard InChI is InChI=1S/C14H23NO4/c1-3-18-13(16)10-12(14(17)19-4-2)15-11-8-6-5-7-9-11/h10-11,15H,3-9H2,1-2H3/b12-10-. The van der Waals surface area contributed by atoms with Crippen LogP contribution in [0.15, 0.2) is 11.8 Å². The molecule has 19 heavy (non-hydrogen) atoms. The number of ether oxygens (including phenoxy) is 2. The first-order chi connectivity index (χ1) is 9.17. The maximum absolute atomic E-state index is 11.8. The number of carbonyl (C=O) groups excluding carboxylic acids is 2. The number of esters is 2. The number of rotatable bonds is 6. The molecule has 108 valence electrons. The highest BCUT2D eigenvalue weighted by atomic mass is 16.5. The molecule has 1 saturated carbocycles. The Morgan fingerprint density at radius 3 is 2.32 bits per heavy atom. The summed E-state index contributed by atoms with van der Waals surface area (Å²) in [5.74, 6) is -1.02. The van der Waals surface area contributed by atoms with Crippen LogP contribution < -0.4 is 5.32 Å². The zero-order valence-corrected chi connectivity index (χ0v) is 11.7. The van der Waals surface area contributed by atoms with Gasteiger partial charge in [0.2, 0.25) is 0 Å². The van der Waals surface area contributed by atoms with Crippen LogP contribution in [0.5, 0.6) is 0 Å². The number of hydrogen-bond donors (Lipinski definition) is 1. The molecule has 1 N–H and O–H groups in total. The quantitative estimate of drug-likeness (QED) is 0.589. The summed E-state index contributed by atoms with van der Waals surface area (Å²) in [5, 5.41) is 3.12. The summed E-state index contributed by atoms with van der Waals surface area (Å²) in [4.78, 5) is 23.3. The van der Waals surface area contributed by atoms with E-state index in [4.69, 9.17) is 9.47 Å². The van der Waals surface area contributed by atoms with Crippen molar-refractivity contribution in [2.75, 3.05) is 13.2 Å². The molecule has 1 aliphatic rings. The number of carbonyl (C=O) groups is 2. The van der Waals surface area contributed by atoms with Gasteiger partial charge in [-0.1, -0.05) is 19.3 Å². The van der Waals surface area contributed by atoms with Gasteiger partial charge in [0.05, 0.1) is 19.3 Å². The van der Waals surface area contributed by atoms with Gasteiger partial charge in [0.1, 0.15) is 5.70 Å². The summed E-state index contributed by atoms with van der Waals surface area (Å²) in [6.07, 6.45) is 6.74. The molecule has 0 aliphatic heterocycles. The average Bonchev–Trinajstić information content (AvgIpc) is 2.40. The number of nitrogens with one attached hydrogen (secondary N) is 1. The zero-order chi connectivity index (χ0) is 14.1. The third-order valence-corrected chi connectivity index (χ3v) is 3.01. The van der Waals surface area contributed by atoms with E-state index in [1.165, 1.54) is 12.5 Å². The van der Waals surface area contributed by atoms with Crippen LogP contribution in [-0.4, -0.2) is 31.2 Å². The molecule has 0 aromatic rings. The second-order valence-electron chi connectivity index (χ2n) is 4.51. The summed E-state index contributed by atoms with van der Waals surface area (Å²) in [5.41, 5.74) is 0.201. The maximum Gasteiger partial charge on any atom is 0.354 e. The van der Waals surface area contributed by atoms with Crippen LogP contribution in [0.25, 0.3) is 0 Å². The molecule has 0 aromatic carbocycles. The van der Waals surface area contributed by atoms with Crippen LogP contribution >= 0.6 is 0 Å². The third-order valence-electron chi connectivity index (χ3n) is 3.01. The zero-order valence-electron chi connectivity index (χ0n) is 11.7. The van der Waals surface area contributed by atoms with Gasteiger partial charge in [-0.2, -0.15) is 0 Å². The van der Waals surface area contributed by atoms with Crippen LogP contribution in [0, 0.1) is 0 Å². The van der Waals surface area contributed by atoms with Crippen LogP contribution in [0.4, 0.5) is 0 Å². The Morgan fingerprint density at radius 1 is 1.11 bits per heavy atom. The van der Waals surface area contributed by atoms with Gasteiger partial charge in [0, 0.05) is 6.04 Å². The monoisotopic (exact) mass is 269 g/mol. The molecule has 1 aliphatic carbocycles. The van der Waals surface area contributed by atoms with E-state index in [2.05, 4.69) is 5.32 Å². The Kier molecular flexibility index (Phi) is 7.00. The third kappa shape index (κ3) is 5.77. The molecule has 0 spiro atoms. The van der Waals surface area contributed by atoms with Gasteiger partial charge >= 0.3 is 11.9 Å². The normalized spacial score (nSPS) is 16.8. The highest BCUT2D eigenvalue weighted by Crippen LogP contribution is 2.18. The van der Waals surface area contributed by atoms with Gasteiger partial charge in [-0.3, -0.25) is 0 Å². The summed E-state index contributed by atoms with van der Waals surface area (Å²) >= 11 is 0. The van der Waals surface area contributed by atoms with Crippen LogP contribution in [0.2, 0.25) is 0 Å². The van der Waals surface area contributed by atoms with Gasteiger partial charge in [-0.15, -0.1) is 0 Å². The van der Waals surface area contributed by atoms with Crippen molar-refractivity contribution in [3.63, 3.8) is 0 Å². The Morgan fingerprint density at radius 2 is 1.74 bits per heavy atom. The fourth-order valence-corrected chi connectivity index (χ4v) is 2.14. The summed E-state index contributed by atoms with van der Waals surface area (Å²) in [6.45, 7) is 4.03. The molecular weight excluding hydrogens is 246 g/mol. The predicted octanol–water partition coefficient (Wildman–Crippen LogP) is 1.92. The Hall–Kier alpha value is -1.52. The fourth-order valence-electron chi connectivity index (χ4n) is 2.14. The van der Waals surface area contributed by atoms with Gasteiger partial charge in [0.15, 0.2) is 0 Å². The van der Waals surface area contributed by atoms with Crippen LogP contribution in [0.1, 0.15) is 46.0 Å². The molecule has 5 heteroatoms. The van der Waals surface area contributed by atoms with Crippen molar-refractivity contribution >= 4 is 11.9 Å². The summed E-state index contributed by atoms with van der Waals surface area (Å²) in [7, 11) is 0. The van der Waals surface area contributed by atoms with Crippen molar-refractivity contribution in [2.45, 2.75) is 52.0 Å². The first-order valence-electron chi connectivity index (χ1n) is 6.99. The van der Waals surface area contributed by atoms with E-state index in [0.717, 1.165) is 25.7 Å². The lowest BCUT2D eigenvalue weighted by molar-refractivity contribution is -0.141. The molecule has 0 amide bonds. The minimum absolute atomic E-state index is 0.201. The van der Waals surface area contributed by atoms with Gasteiger partial charge < -0.3 is 14.8 Å². The topological polar surface area (TPSA) is 64.6 Å². The van der Waals surface area contributed by atoms with E-state index in [-0.39, 0.29) is 25.0 Å². The Balaban J connectivity index is 2.67. The van der Waals surface area contributed by atoms with E-state index in [9.17, 15) is 9.59 Å². The first-order valence-corrected chi connectivity index (χ1v) is 6.99. The van der Waals surface area contributed by atoms with E-state index < -0.39 is 11.9 Å². The molecule has 0 heterocycles. The molecule has 0 radical (unpaired) electrons. The van der Waals surface area contributed by atoms with Gasteiger partial charge in [-0.25, -0.2) is 9.59 Å². The smallest absolute Gasteiger partial charge is 0.354 e. The molecule has 5 nitrogen and oxygen atoms in total. The van der Waals surface area contributed by atoms with Crippen molar-refractivity contribution in [3.05, 3.63) is 11.8 Å². The predicted molar refractivity (Wildman–Crippen MR) is 71.4 cm³/mol. The van der Waals surface area contributed by atoms with E-state index in [1.807, 2.05) is 0 Å². The number of hydrogen-bond acceptors (Lipinski definition) is 5. The van der Waals surface area contributed by atoms with Crippen molar-refractivity contribution in [1.29, 1.82) is 0 Å². The molecule has 0 unspecified atom stereocenters. The summed E-state index contributed by atoms with van der Waals surface area (Å²) in [6, 6.07) is 0.235. The molecule has 0 atom stereocenters. The summed E-state index contributed by atoms with van der Waals surface area (Å²) < 4.78 is 9.77. The second-order valence-corrected chi connectivity index (χ2v) is 4.51. The maximum atomic E-state index is 11.8. The SMILES string of the molecule is CCOC(=O)/C=C(\NC1CCCCC1)C(=O)OCC. The Bertz CT molecular complexity index is 332. The van der Waals surface area contributed by atoms with E-state index >= 15 is 0 Å². The average molecular weight is 269 g/mol. The Labute approximate surface area is 114 Å². The van der Waals surface area contributed by atoms with Crippen molar-refractivity contribution in [1.82, 2.24) is 5.32 Å². The van der Waals surface area contributed by atoms with E-state index in [1.54, 1.807) is 13.8 Å². The van der Waals surface area contributed by atoms with Crippen molar-refractivity contribution in [2.24, 2.45) is 0 Å². The van der Waals surface area contributed by atoms with Crippen molar-refractivity contribution in [3.8, 4) is 0 Å². The molecule has 0 aromatic heterocycles.